The molecule has 6 N–H and O–H groups in total. The molecule has 1 aliphatic rings. The molecule has 0 aromatic heterocycles. The molecule has 1 atom stereocenters. The van der Waals surface area contributed by atoms with Gasteiger partial charge in [-0.2, -0.15) is 0 Å². The largest absolute Gasteiger partial charge is 0.398 e. The molecule has 0 spiro atoms. The van der Waals surface area contributed by atoms with Gasteiger partial charge in [0.2, 0.25) is 15.9 Å². The van der Waals surface area contributed by atoms with Crippen LogP contribution in [0.3, 0.4) is 0 Å². The van der Waals surface area contributed by atoms with Crippen molar-refractivity contribution in [2.45, 2.75) is 23.8 Å². The predicted octanol–water partition coefficient (Wildman–Crippen LogP) is -0.630. The van der Waals surface area contributed by atoms with Gasteiger partial charge < -0.3 is 16.4 Å². The highest BCUT2D eigenvalue weighted by atomic mass is 32.2. The molecule has 1 fully saturated rings. The minimum Gasteiger partial charge on any atom is -0.398 e. The van der Waals surface area contributed by atoms with Gasteiger partial charge in [-0.05, 0) is 31.0 Å². The van der Waals surface area contributed by atoms with E-state index in [1.54, 1.807) is 6.07 Å². The van der Waals surface area contributed by atoms with Crippen molar-refractivity contribution in [2.24, 2.45) is 10.9 Å². The first-order valence-electron chi connectivity index (χ1n) is 5.79. The average molecular weight is 284 g/mol. The molecule has 0 bridgehead atoms. The van der Waals surface area contributed by atoms with E-state index in [0.29, 0.717) is 18.7 Å². The van der Waals surface area contributed by atoms with Crippen LogP contribution in [0.2, 0.25) is 0 Å². The standard InChI is InChI=1S/C11H16N4O3S/c12-8-6-7(3-4-10(8)19(14,17)18)15-5-1-2-9(15)11(13)16/h3-4,6,9H,1-2,5,12H2,(H2,13,16)(H2,14,17,18). The SMILES string of the molecule is NC(=O)C1CCCN1c1ccc(S(N)(=O)=O)c(N)c1. The number of carbonyl (C=O) groups excluding carboxylic acids is 1. The third kappa shape index (κ3) is 2.64. The van der Waals surface area contributed by atoms with Crippen molar-refractivity contribution in [2.75, 3.05) is 17.2 Å². The lowest BCUT2D eigenvalue weighted by molar-refractivity contribution is -0.119. The molecule has 1 saturated heterocycles. The van der Waals surface area contributed by atoms with Gasteiger partial charge in [0.15, 0.2) is 0 Å². The normalized spacial score (nSPS) is 19.6. The van der Waals surface area contributed by atoms with Crippen LogP contribution >= 0.6 is 0 Å². The maximum atomic E-state index is 11.3. The highest BCUT2D eigenvalue weighted by Crippen LogP contribution is 2.29. The quantitative estimate of drug-likeness (QED) is 0.636. The fourth-order valence-corrected chi connectivity index (χ4v) is 2.99. The molecular formula is C11H16N4O3S. The minimum absolute atomic E-state index is 0.0649. The number of nitrogens with zero attached hydrogens (tertiary/aromatic N) is 1. The molecule has 0 saturated carbocycles. The Morgan fingerprint density at radius 3 is 2.58 bits per heavy atom. The van der Waals surface area contributed by atoms with Crippen molar-refractivity contribution in [3.05, 3.63) is 18.2 Å². The van der Waals surface area contributed by atoms with E-state index in [1.807, 2.05) is 4.90 Å². The van der Waals surface area contributed by atoms with Crippen molar-refractivity contribution in [1.82, 2.24) is 0 Å². The van der Waals surface area contributed by atoms with Gasteiger partial charge in [-0.15, -0.1) is 0 Å². The van der Waals surface area contributed by atoms with Crippen LogP contribution in [0.25, 0.3) is 0 Å². The third-order valence-corrected chi connectivity index (χ3v) is 4.20. The molecule has 7 nitrogen and oxygen atoms in total. The second kappa shape index (κ2) is 4.71. The molecule has 0 radical (unpaired) electrons. The summed E-state index contributed by atoms with van der Waals surface area (Å²) in [7, 11) is -3.84. The van der Waals surface area contributed by atoms with Gasteiger partial charge in [0.05, 0.1) is 5.69 Å². The summed E-state index contributed by atoms with van der Waals surface area (Å²) in [5.41, 5.74) is 11.8. The number of hydrogen-bond donors (Lipinski definition) is 3. The number of primary amides is 1. The Balaban J connectivity index is 2.38. The summed E-state index contributed by atoms with van der Waals surface area (Å²) in [4.78, 5) is 13.0. The molecule has 2 rings (SSSR count). The molecular weight excluding hydrogens is 268 g/mol. The lowest BCUT2D eigenvalue weighted by atomic mass is 10.2. The van der Waals surface area contributed by atoms with E-state index in [1.165, 1.54) is 12.1 Å². The van der Waals surface area contributed by atoms with E-state index >= 15 is 0 Å². The minimum atomic E-state index is -3.84. The number of primary sulfonamides is 1. The molecule has 1 aromatic carbocycles. The van der Waals surface area contributed by atoms with Crippen molar-refractivity contribution >= 4 is 27.3 Å². The second-order valence-corrected chi connectivity index (χ2v) is 6.05. The molecule has 1 aliphatic heterocycles. The van der Waals surface area contributed by atoms with Crippen LogP contribution in [-0.2, 0) is 14.8 Å². The fourth-order valence-electron chi connectivity index (χ4n) is 2.35. The number of nitrogen functional groups attached to an aromatic ring is 1. The van der Waals surface area contributed by atoms with Crippen molar-refractivity contribution in [1.29, 1.82) is 0 Å². The topological polar surface area (TPSA) is 133 Å². The zero-order chi connectivity index (χ0) is 14.2. The Bertz CT molecular complexity index is 614. The van der Waals surface area contributed by atoms with E-state index in [-0.39, 0.29) is 16.6 Å². The van der Waals surface area contributed by atoms with Crippen LogP contribution in [0.4, 0.5) is 11.4 Å². The lowest BCUT2D eigenvalue weighted by Gasteiger charge is -2.25. The molecule has 1 amide bonds. The summed E-state index contributed by atoms with van der Waals surface area (Å²) in [6.45, 7) is 0.682. The molecule has 19 heavy (non-hydrogen) atoms. The van der Waals surface area contributed by atoms with E-state index in [2.05, 4.69) is 0 Å². The number of benzene rings is 1. The second-order valence-electron chi connectivity index (χ2n) is 4.52. The fraction of sp³-hybridized carbons (Fsp3) is 0.364. The number of anilines is 2. The predicted molar refractivity (Wildman–Crippen MR) is 71.8 cm³/mol. The number of carbonyl (C=O) groups is 1. The number of nitrogens with two attached hydrogens (primary N) is 3. The smallest absolute Gasteiger partial charge is 0.240 e. The zero-order valence-corrected chi connectivity index (χ0v) is 11.1. The highest BCUT2D eigenvalue weighted by molar-refractivity contribution is 7.89. The number of rotatable bonds is 3. The maximum absolute atomic E-state index is 11.3. The van der Waals surface area contributed by atoms with Crippen molar-refractivity contribution in [3.63, 3.8) is 0 Å². The van der Waals surface area contributed by atoms with E-state index in [9.17, 15) is 13.2 Å². The van der Waals surface area contributed by atoms with Gasteiger partial charge in [-0.25, -0.2) is 13.6 Å². The molecule has 8 heteroatoms. The average Bonchev–Trinajstić information content (AvgIpc) is 2.75. The number of hydrogen-bond acceptors (Lipinski definition) is 5. The van der Waals surface area contributed by atoms with Gasteiger partial charge >= 0.3 is 0 Å². The van der Waals surface area contributed by atoms with Gasteiger partial charge in [-0.3, -0.25) is 4.79 Å². The third-order valence-electron chi connectivity index (χ3n) is 3.21. The summed E-state index contributed by atoms with van der Waals surface area (Å²) < 4.78 is 22.5. The first kappa shape index (κ1) is 13.6. The van der Waals surface area contributed by atoms with Gasteiger partial charge in [0.1, 0.15) is 10.9 Å². The Morgan fingerprint density at radius 2 is 2.05 bits per heavy atom. The summed E-state index contributed by atoms with van der Waals surface area (Å²) in [5.74, 6) is -0.397. The van der Waals surface area contributed by atoms with Crippen LogP contribution in [0.15, 0.2) is 23.1 Å². The summed E-state index contributed by atoms with van der Waals surface area (Å²) in [6.07, 6.45) is 1.54. The summed E-state index contributed by atoms with van der Waals surface area (Å²) in [5, 5.41) is 5.04. The maximum Gasteiger partial charge on any atom is 0.240 e. The molecule has 0 aliphatic carbocycles. The molecule has 1 heterocycles. The van der Waals surface area contributed by atoms with Crippen molar-refractivity contribution in [3.8, 4) is 0 Å². The van der Waals surface area contributed by atoms with Gasteiger partial charge in [-0.1, -0.05) is 0 Å². The van der Waals surface area contributed by atoms with E-state index in [4.69, 9.17) is 16.6 Å². The zero-order valence-electron chi connectivity index (χ0n) is 10.2. The number of amides is 1. The monoisotopic (exact) mass is 284 g/mol. The lowest BCUT2D eigenvalue weighted by Crippen LogP contribution is -2.40. The first-order valence-corrected chi connectivity index (χ1v) is 7.33. The highest BCUT2D eigenvalue weighted by Gasteiger charge is 2.29. The Morgan fingerprint density at radius 1 is 1.37 bits per heavy atom. The Kier molecular flexibility index (Phi) is 3.38. The van der Waals surface area contributed by atoms with Crippen LogP contribution < -0.4 is 21.5 Å². The Labute approximate surface area is 111 Å². The van der Waals surface area contributed by atoms with Crippen LogP contribution in [0.1, 0.15) is 12.8 Å². The first-order chi connectivity index (χ1) is 8.80. The number of sulfonamides is 1. The van der Waals surface area contributed by atoms with E-state index in [0.717, 1.165) is 6.42 Å². The summed E-state index contributed by atoms with van der Waals surface area (Å²) in [6, 6.07) is 4.05. The summed E-state index contributed by atoms with van der Waals surface area (Å²) >= 11 is 0. The van der Waals surface area contributed by atoms with Gasteiger partial charge in [0, 0.05) is 12.2 Å². The molecule has 1 unspecified atom stereocenters. The van der Waals surface area contributed by atoms with Crippen LogP contribution in [0, 0.1) is 0 Å². The van der Waals surface area contributed by atoms with Gasteiger partial charge in [0.25, 0.3) is 0 Å². The molecule has 104 valence electrons. The van der Waals surface area contributed by atoms with E-state index < -0.39 is 15.9 Å². The molecule has 1 aromatic rings. The Hall–Kier alpha value is -1.80. The van der Waals surface area contributed by atoms with Crippen molar-refractivity contribution < 1.29 is 13.2 Å². The van der Waals surface area contributed by atoms with Crippen LogP contribution in [0.5, 0.6) is 0 Å². The van der Waals surface area contributed by atoms with Crippen LogP contribution in [-0.4, -0.2) is 26.9 Å².